The van der Waals surface area contributed by atoms with Crippen molar-refractivity contribution in [3.63, 3.8) is 0 Å². The van der Waals surface area contributed by atoms with Gasteiger partial charge in [0.1, 0.15) is 5.69 Å². The second-order valence-corrected chi connectivity index (χ2v) is 6.69. The van der Waals surface area contributed by atoms with Crippen molar-refractivity contribution in [2.24, 2.45) is 11.5 Å². The van der Waals surface area contributed by atoms with Crippen LogP contribution in [0.3, 0.4) is 0 Å². The third-order valence-corrected chi connectivity index (χ3v) is 4.78. The number of rotatable bonds is 4. The monoisotopic (exact) mass is 351 g/mol. The maximum absolute atomic E-state index is 11.5. The Bertz CT molecular complexity index is 929. The molecule has 26 heavy (non-hydrogen) atoms. The Morgan fingerprint density at radius 1 is 1.12 bits per heavy atom. The van der Waals surface area contributed by atoms with Crippen LogP contribution >= 0.6 is 0 Å². The Kier molecular flexibility index (Phi) is 4.26. The lowest BCUT2D eigenvalue weighted by molar-refractivity contribution is 0.0996. The highest BCUT2D eigenvalue weighted by atomic mass is 16.1. The van der Waals surface area contributed by atoms with E-state index in [1.165, 1.54) is 0 Å². The summed E-state index contributed by atoms with van der Waals surface area (Å²) in [5.74, 6) is 0.0843. The van der Waals surface area contributed by atoms with Gasteiger partial charge in [-0.3, -0.25) is 9.78 Å². The quantitative estimate of drug-likeness (QED) is 0.655. The summed E-state index contributed by atoms with van der Waals surface area (Å²) in [6.45, 7) is 0. The van der Waals surface area contributed by atoms with Crippen molar-refractivity contribution in [3.05, 3.63) is 42.6 Å². The van der Waals surface area contributed by atoms with Crippen molar-refractivity contribution >= 4 is 17.4 Å². The number of pyridine rings is 1. The molecule has 8 nitrogen and oxygen atoms in total. The zero-order chi connectivity index (χ0) is 18.1. The first-order valence-corrected chi connectivity index (χ1v) is 8.72. The number of carbonyl (C=O) groups is 1. The standard InChI is InChI=1S/C18H21N7O/c19-12-1-3-13(4-2-12)22-17-18-24-15(16(20)26)10-25(18)9-14(23-17)11-5-7-21-8-6-11/h5-10,12-13H,1-4,19H2,(H2,20,26)(H,22,23)/t12-,13+. The molecule has 0 radical (unpaired) electrons. The Morgan fingerprint density at radius 2 is 1.85 bits per heavy atom. The van der Waals surface area contributed by atoms with Gasteiger partial charge in [0.15, 0.2) is 11.5 Å². The third kappa shape index (κ3) is 3.23. The lowest BCUT2D eigenvalue weighted by Gasteiger charge is -2.27. The fourth-order valence-electron chi connectivity index (χ4n) is 3.33. The molecule has 1 fully saturated rings. The molecule has 0 aromatic carbocycles. The first-order valence-electron chi connectivity index (χ1n) is 8.72. The van der Waals surface area contributed by atoms with Gasteiger partial charge in [-0.1, -0.05) is 0 Å². The number of nitrogens with zero attached hydrogens (tertiary/aromatic N) is 4. The van der Waals surface area contributed by atoms with Crippen molar-refractivity contribution in [2.75, 3.05) is 5.32 Å². The summed E-state index contributed by atoms with van der Waals surface area (Å²) >= 11 is 0. The Balaban J connectivity index is 1.76. The smallest absolute Gasteiger partial charge is 0.268 e. The number of aromatic nitrogens is 4. The fraction of sp³-hybridized carbons (Fsp3) is 0.333. The molecule has 0 atom stereocenters. The molecule has 0 aliphatic heterocycles. The summed E-state index contributed by atoms with van der Waals surface area (Å²) in [6, 6.07) is 4.34. The number of amides is 1. The highest BCUT2D eigenvalue weighted by molar-refractivity contribution is 5.92. The molecule has 4 rings (SSSR count). The summed E-state index contributed by atoms with van der Waals surface area (Å²) in [5.41, 5.74) is 13.9. The van der Waals surface area contributed by atoms with E-state index in [-0.39, 0.29) is 17.8 Å². The van der Waals surface area contributed by atoms with Crippen molar-refractivity contribution in [3.8, 4) is 11.3 Å². The highest BCUT2D eigenvalue weighted by Crippen LogP contribution is 2.26. The summed E-state index contributed by atoms with van der Waals surface area (Å²) in [5, 5.41) is 3.49. The average molecular weight is 351 g/mol. The van der Waals surface area contributed by atoms with Gasteiger partial charge in [0, 0.05) is 42.4 Å². The average Bonchev–Trinajstić information content (AvgIpc) is 3.09. The van der Waals surface area contributed by atoms with E-state index in [0.717, 1.165) is 36.9 Å². The van der Waals surface area contributed by atoms with Gasteiger partial charge in [-0.15, -0.1) is 0 Å². The minimum absolute atomic E-state index is 0.215. The number of imidazole rings is 1. The lowest BCUT2D eigenvalue weighted by Crippen LogP contribution is -2.33. The van der Waals surface area contributed by atoms with Crippen molar-refractivity contribution < 1.29 is 4.79 Å². The van der Waals surface area contributed by atoms with E-state index in [1.54, 1.807) is 23.0 Å². The molecule has 0 unspecified atom stereocenters. The van der Waals surface area contributed by atoms with E-state index in [2.05, 4.69) is 15.3 Å². The van der Waals surface area contributed by atoms with E-state index in [0.29, 0.717) is 11.5 Å². The summed E-state index contributed by atoms with van der Waals surface area (Å²) in [4.78, 5) is 24.7. The molecule has 8 heteroatoms. The third-order valence-electron chi connectivity index (χ3n) is 4.78. The molecule has 134 valence electrons. The van der Waals surface area contributed by atoms with Gasteiger partial charge in [-0.25, -0.2) is 9.97 Å². The number of hydrogen-bond acceptors (Lipinski definition) is 6. The zero-order valence-corrected chi connectivity index (χ0v) is 14.3. The Labute approximate surface area is 150 Å². The number of nitrogens with one attached hydrogen (secondary N) is 1. The molecule has 1 amide bonds. The molecule has 1 saturated carbocycles. The van der Waals surface area contributed by atoms with Crippen molar-refractivity contribution in [1.29, 1.82) is 0 Å². The van der Waals surface area contributed by atoms with Crippen LogP contribution in [-0.4, -0.2) is 37.3 Å². The van der Waals surface area contributed by atoms with Crippen LogP contribution in [0.15, 0.2) is 36.9 Å². The predicted octanol–water partition coefficient (Wildman–Crippen LogP) is 1.57. The zero-order valence-electron chi connectivity index (χ0n) is 14.3. The molecule has 5 N–H and O–H groups in total. The maximum Gasteiger partial charge on any atom is 0.268 e. The molecule has 0 bridgehead atoms. The normalized spacial score (nSPS) is 20.2. The van der Waals surface area contributed by atoms with Crippen LogP contribution < -0.4 is 16.8 Å². The molecule has 3 heterocycles. The molecule has 3 aromatic rings. The predicted molar refractivity (Wildman–Crippen MR) is 98.6 cm³/mol. The van der Waals surface area contributed by atoms with Crippen LogP contribution in [0.25, 0.3) is 16.9 Å². The van der Waals surface area contributed by atoms with Gasteiger partial charge in [-0.2, -0.15) is 0 Å². The highest BCUT2D eigenvalue weighted by Gasteiger charge is 2.21. The van der Waals surface area contributed by atoms with Crippen LogP contribution in [0.1, 0.15) is 36.2 Å². The lowest BCUT2D eigenvalue weighted by atomic mass is 9.92. The number of fused-ring (bicyclic) bond motifs is 1. The van der Waals surface area contributed by atoms with Gasteiger partial charge >= 0.3 is 0 Å². The van der Waals surface area contributed by atoms with E-state index in [1.807, 2.05) is 18.3 Å². The van der Waals surface area contributed by atoms with Gasteiger partial charge in [0.2, 0.25) is 0 Å². The molecule has 0 saturated heterocycles. The van der Waals surface area contributed by atoms with Crippen LogP contribution in [0.2, 0.25) is 0 Å². The van der Waals surface area contributed by atoms with Gasteiger partial charge in [0.05, 0.1) is 5.69 Å². The first kappa shape index (κ1) is 16.5. The second kappa shape index (κ2) is 6.72. The second-order valence-electron chi connectivity index (χ2n) is 6.69. The first-order chi connectivity index (χ1) is 12.6. The Hall–Kier alpha value is -3.00. The number of nitrogens with two attached hydrogens (primary N) is 2. The molecule has 1 aliphatic carbocycles. The van der Waals surface area contributed by atoms with Crippen LogP contribution in [0.4, 0.5) is 5.82 Å². The van der Waals surface area contributed by atoms with Gasteiger partial charge in [-0.05, 0) is 37.8 Å². The SMILES string of the molecule is NC(=O)c1cn2cc(-c3ccncc3)nc(N[C@H]3CC[C@@H](N)CC3)c2n1. The Morgan fingerprint density at radius 3 is 2.54 bits per heavy atom. The summed E-state index contributed by atoms with van der Waals surface area (Å²) in [6.07, 6.45) is 10.9. The van der Waals surface area contributed by atoms with E-state index in [4.69, 9.17) is 16.5 Å². The van der Waals surface area contributed by atoms with Crippen LogP contribution in [-0.2, 0) is 0 Å². The largest absolute Gasteiger partial charge is 0.364 e. The van der Waals surface area contributed by atoms with Gasteiger partial charge < -0.3 is 21.2 Å². The number of carbonyl (C=O) groups excluding carboxylic acids is 1. The summed E-state index contributed by atoms with van der Waals surface area (Å²) in [7, 11) is 0. The topological polar surface area (TPSA) is 124 Å². The fourth-order valence-corrected chi connectivity index (χ4v) is 3.33. The van der Waals surface area contributed by atoms with E-state index < -0.39 is 5.91 Å². The molecular formula is C18H21N7O. The molecule has 3 aromatic heterocycles. The van der Waals surface area contributed by atoms with Crippen molar-refractivity contribution in [1.82, 2.24) is 19.4 Å². The van der Waals surface area contributed by atoms with Crippen molar-refractivity contribution in [2.45, 2.75) is 37.8 Å². The molecule has 1 aliphatic rings. The maximum atomic E-state index is 11.5. The minimum atomic E-state index is -0.561. The van der Waals surface area contributed by atoms with Crippen LogP contribution in [0, 0.1) is 0 Å². The number of hydrogen-bond donors (Lipinski definition) is 3. The molecule has 0 spiro atoms. The van der Waals surface area contributed by atoms with Gasteiger partial charge in [0.25, 0.3) is 5.91 Å². The minimum Gasteiger partial charge on any atom is -0.364 e. The van der Waals surface area contributed by atoms with E-state index in [9.17, 15) is 4.79 Å². The van der Waals surface area contributed by atoms with E-state index >= 15 is 0 Å². The number of anilines is 1. The molecular weight excluding hydrogens is 330 g/mol. The summed E-state index contributed by atoms with van der Waals surface area (Å²) < 4.78 is 1.79. The van der Waals surface area contributed by atoms with Crippen LogP contribution in [0.5, 0.6) is 0 Å². The number of primary amides is 1.